The van der Waals surface area contributed by atoms with Gasteiger partial charge in [0.15, 0.2) is 0 Å². The molecule has 3 aromatic carbocycles. The number of benzene rings is 3. The third-order valence-corrected chi connectivity index (χ3v) is 6.03. The molecule has 0 aliphatic heterocycles. The van der Waals surface area contributed by atoms with Crippen LogP contribution in [0.25, 0.3) is 11.1 Å². The fraction of sp³-hybridized carbons (Fsp3) is 0.222. The molecule has 0 bridgehead atoms. The van der Waals surface area contributed by atoms with Crippen molar-refractivity contribution in [3.8, 4) is 11.1 Å². The highest BCUT2D eigenvalue weighted by atomic mass is 19.1. The molecule has 0 radical (unpaired) electrons. The average Bonchev–Trinajstić information content (AvgIpc) is 3.15. The summed E-state index contributed by atoms with van der Waals surface area (Å²) in [6, 6.07) is 18.2. The number of fused-ring (bicyclic) bond motifs is 3. The summed E-state index contributed by atoms with van der Waals surface area (Å²) in [6.45, 7) is 3.61. The molecular weight excluding hydrogens is 451 g/mol. The van der Waals surface area contributed by atoms with Crippen LogP contribution in [0.5, 0.6) is 0 Å². The number of carboxylic acid groups (broad SMARTS) is 1. The molecule has 35 heavy (non-hydrogen) atoms. The summed E-state index contributed by atoms with van der Waals surface area (Å²) in [7, 11) is 0. The van der Waals surface area contributed by atoms with Gasteiger partial charge < -0.3 is 20.5 Å². The number of halogens is 1. The van der Waals surface area contributed by atoms with E-state index >= 15 is 0 Å². The SMILES string of the molecule is CC(C)[C@@H](NC(=O)OCC1c2ccccc2-c2ccccc21)C(=O)Nc1ccc(F)c(C(=O)O)c1. The van der Waals surface area contributed by atoms with Crippen LogP contribution < -0.4 is 10.6 Å². The second-order valence-electron chi connectivity index (χ2n) is 8.68. The summed E-state index contributed by atoms with van der Waals surface area (Å²) in [5.74, 6) is -3.34. The first-order chi connectivity index (χ1) is 16.8. The number of hydrogen-bond acceptors (Lipinski definition) is 4. The van der Waals surface area contributed by atoms with E-state index in [1.807, 2.05) is 48.5 Å². The number of carbonyl (C=O) groups is 3. The number of aromatic carboxylic acids is 1. The fourth-order valence-electron chi connectivity index (χ4n) is 4.29. The lowest BCUT2D eigenvalue weighted by molar-refractivity contribution is -0.119. The van der Waals surface area contributed by atoms with Gasteiger partial charge in [0.05, 0.1) is 5.56 Å². The first-order valence-corrected chi connectivity index (χ1v) is 11.2. The van der Waals surface area contributed by atoms with Crippen LogP contribution >= 0.6 is 0 Å². The molecular formula is C27H25FN2O5. The zero-order valence-corrected chi connectivity index (χ0v) is 19.2. The maximum absolute atomic E-state index is 13.6. The van der Waals surface area contributed by atoms with Gasteiger partial charge in [0, 0.05) is 11.6 Å². The molecule has 7 nitrogen and oxygen atoms in total. The Labute approximate surface area is 201 Å². The zero-order chi connectivity index (χ0) is 25.1. The predicted octanol–water partition coefficient (Wildman–Crippen LogP) is 5.03. The normalized spacial score (nSPS) is 13.0. The maximum Gasteiger partial charge on any atom is 0.407 e. The first-order valence-electron chi connectivity index (χ1n) is 11.2. The van der Waals surface area contributed by atoms with Crippen molar-refractivity contribution in [2.24, 2.45) is 5.92 Å². The molecule has 1 aliphatic rings. The summed E-state index contributed by atoms with van der Waals surface area (Å²) < 4.78 is 19.2. The van der Waals surface area contributed by atoms with E-state index in [0.717, 1.165) is 34.4 Å². The van der Waals surface area contributed by atoms with E-state index in [1.54, 1.807) is 13.8 Å². The average molecular weight is 477 g/mol. The van der Waals surface area contributed by atoms with Crippen molar-refractivity contribution in [1.82, 2.24) is 5.32 Å². The second-order valence-corrected chi connectivity index (χ2v) is 8.68. The molecule has 4 rings (SSSR count). The van der Waals surface area contributed by atoms with Crippen molar-refractivity contribution >= 4 is 23.7 Å². The Kier molecular flexibility index (Phi) is 6.82. The number of anilines is 1. The summed E-state index contributed by atoms with van der Waals surface area (Å²) >= 11 is 0. The lowest BCUT2D eigenvalue weighted by Crippen LogP contribution is -2.47. The number of carboxylic acids is 1. The quantitative estimate of drug-likeness (QED) is 0.444. The highest BCUT2D eigenvalue weighted by molar-refractivity contribution is 5.98. The molecule has 0 spiro atoms. The monoisotopic (exact) mass is 476 g/mol. The maximum atomic E-state index is 13.6. The second kappa shape index (κ2) is 9.97. The Bertz CT molecular complexity index is 1240. The van der Waals surface area contributed by atoms with Gasteiger partial charge in [-0.25, -0.2) is 14.0 Å². The molecule has 0 saturated heterocycles. The van der Waals surface area contributed by atoms with E-state index in [1.165, 1.54) is 6.07 Å². The predicted molar refractivity (Wildman–Crippen MR) is 129 cm³/mol. The first kappa shape index (κ1) is 23.9. The Morgan fingerprint density at radius 1 is 0.971 bits per heavy atom. The highest BCUT2D eigenvalue weighted by Crippen LogP contribution is 2.44. The zero-order valence-electron chi connectivity index (χ0n) is 19.2. The number of ether oxygens (including phenoxy) is 1. The summed E-state index contributed by atoms with van der Waals surface area (Å²) in [6.07, 6.45) is -0.744. The van der Waals surface area contributed by atoms with Gasteiger partial charge in [-0.2, -0.15) is 0 Å². The van der Waals surface area contributed by atoms with Gasteiger partial charge in [0.2, 0.25) is 5.91 Å². The smallest absolute Gasteiger partial charge is 0.407 e. The standard InChI is InChI=1S/C27H25FN2O5/c1-15(2)24(25(31)29-16-11-12-23(28)21(13-16)26(32)33)30-27(34)35-14-22-19-9-5-3-7-17(19)18-8-4-6-10-20(18)22/h3-13,15,22,24H,14H2,1-2H3,(H,29,31)(H,30,34)(H,32,33)/t24-/m1/s1. The summed E-state index contributed by atoms with van der Waals surface area (Å²) in [4.78, 5) is 36.6. The Morgan fingerprint density at radius 2 is 1.57 bits per heavy atom. The van der Waals surface area contributed by atoms with E-state index in [0.29, 0.717) is 0 Å². The van der Waals surface area contributed by atoms with E-state index in [4.69, 9.17) is 9.84 Å². The van der Waals surface area contributed by atoms with E-state index < -0.39 is 35.4 Å². The van der Waals surface area contributed by atoms with Crippen molar-refractivity contribution in [2.45, 2.75) is 25.8 Å². The van der Waals surface area contributed by atoms with Gasteiger partial charge in [-0.3, -0.25) is 4.79 Å². The van der Waals surface area contributed by atoms with Crippen LogP contribution in [0.15, 0.2) is 66.7 Å². The Balaban J connectivity index is 1.42. The van der Waals surface area contributed by atoms with Crippen molar-refractivity contribution in [1.29, 1.82) is 0 Å². The van der Waals surface area contributed by atoms with Gasteiger partial charge in [-0.15, -0.1) is 0 Å². The number of nitrogens with one attached hydrogen (secondary N) is 2. The van der Waals surface area contributed by atoms with Crippen LogP contribution in [-0.4, -0.2) is 35.7 Å². The van der Waals surface area contributed by atoms with Crippen LogP contribution in [0.3, 0.4) is 0 Å². The number of amides is 2. The number of rotatable bonds is 7. The third kappa shape index (κ3) is 5.01. The van der Waals surface area contributed by atoms with Crippen LogP contribution in [0.4, 0.5) is 14.9 Å². The molecule has 0 saturated carbocycles. The largest absolute Gasteiger partial charge is 0.478 e. The lowest BCUT2D eigenvalue weighted by Gasteiger charge is -2.22. The molecule has 1 aliphatic carbocycles. The van der Waals surface area contributed by atoms with E-state index in [2.05, 4.69) is 10.6 Å². The van der Waals surface area contributed by atoms with Crippen molar-refractivity contribution in [3.05, 3.63) is 89.2 Å². The Morgan fingerprint density at radius 3 is 2.14 bits per heavy atom. The minimum absolute atomic E-state index is 0.103. The molecule has 3 N–H and O–H groups in total. The molecule has 0 heterocycles. The lowest BCUT2D eigenvalue weighted by atomic mass is 9.98. The van der Waals surface area contributed by atoms with Crippen LogP contribution in [0.2, 0.25) is 0 Å². The molecule has 3 aromatic rings. The summed E-state index contributed by atoms with van der Waals surface area (Å²) in [5, 5.41) is 14.2. The minimum Gasteiger partial charge on any atom is -0.478 e. The molecule has 0 unspecified atom stereocenters. The van der Waals surface area contributed by atoms with Gasteiger partial charge in [0.25, 0.3) is 0 Å². The van der Waals surface area contributed by atoms with Crippen molar-refractivity contribution < 1.29 is 28.6 Å². The molecule has 0 aromatic heterocycles. The summed E-state index contributed by atoms with van der Waals surface area (Å²) in [5.41, 5.74) is 3.91. The Hall–Kier alpha value is -4.20. The minimum atomic E-state index is -1.45. The highest BCUT2D eigenvalue weighted by Gasteiger charge is 2.30. The van der Waals surface area contributed by atoms with E-state index in [9.17, 15) is 18.8 Å². The van der Waals surface area contributed by atoms with Crippen molar-refractivity contribution in [2.75, 3.05) is 11.9 Å². The number of carbonyl (C=O) groups excluding carboxylic acids is 2. The fourth-order valence-corrected chi connectivity index (χ4v) is 4.29. The van der Waals surface area contributed by atoms with Gasteiger partial charge in [-0.05, 0) is 46.4 Å². The van der Waals surface area contributed by atoms with Gasteiger partial charge in [-0.1, -0.05) is 62.4 Å². The third-order valence-electron chi connectivity index (χ3n) is 6.03. The van der Waals surface area contributed by atoms with Gasteiger partial charge >= 0.3 is 12.1 Å². The molecule has 180 valence electrons. The molecule has 8 heteroatoms. The molecule has 2 amide bonds. The van der Waals surface area contributed by atoms with Crippen molar-refractivity contribution in [3.63, 3.8) is 0 Å². The molecule has 1 atom stereocenters. The number of hydrogen-bond donors (Lipinski definition) is 3. The van der Waals surface area contributed by atoms with Crippen LogP contribution in [-0.2, 0) is 9.53 Å². The van der Waals surface area contributed by atoms with E-state index in [-0.39, 0.29) is 24.1 Å². The topological polar surface area (TPSA) is 105 Å². The van der Waals surface area contributed by atoms with Gasteiger partial charge in [0.1, 0.15) is 18.5 Å². The molecule has 0 fully saturated rings. The number of alkyl carbamates (subject to hydrolysis) is 1. The van der Waals surface area contributed by atoms with Crippen LogP contribution in [0.1, 0.15) is 41.3 Å². The van der Waals surface area contributed by atoms with Crippen LogP contribution in [0, 0.1) is 11.7 Å².